The van der Waals surface area contributed by atoms with E-state index < -0.39 is 5.97 Å². The van der Waals surface area contributed by atoms with Crippen LogP contribution in [0.5, 0.6) is 0 Å². The van der Waals surface area contributed by atoms with Crippen LogP contribution in [-0.2, 0) is 4.74 Å². The van der Waals surface area contributed by atoms with Crippen molar-refractivity contribution >= 4 is 11.7 Å². The van der Waals surface area contributed by atoms with E-state index in [4.69, 9.17) is 10.5 Å². The Morgan fingerprint density at radius 1 is 1.47 bits per heavy atom. The highest BCUT2D eigenvalue weighted by Crippen LogP contribution is 2.23. The van der Waals surface area contributed by atoms with Crippen LogP contribution in [0.3, 0.4) is 0 Å². The van der Waals surface area contributed by atoms with Crippen LogP contribution in [0.2, 0.25) is 0 Å². The second kappa shape index (κ2) is 4.29. The topological polar surface area (TPSA) is 70.1 Å². The summed E-state index contributed by atoms with van der Waals surface area (Å²) in [6.07, 6.45) is 3.41. The lowest BCUT2D eigenvalue weighted by Gasteiger charge is -2.12. The second-order valence-corrected chi connectivity index (χ2v) is 3.58. The van der Waals surface area contributed by atoms with E-state index in [2.05, 4.69) is 4.98 Å². The molecule has 2 aromatic rings. The Balaban J connectivity index is 2.68. The second-order valence-electron chi connectivity index (χ2n) is 3.58. The van der Waals surface area contributed by atoms with Crippen molar-refractivity contribution in [2.24, 2.45) is 0 Å². The third-order valence-electron chi connectivity index (χ3n) is 2.54. The average Bonchev–Trinajstić information content (AvgIpc) is 2.74. The van der Waals surface area contributed by atoms with Gasteiger partial charge in [-0.05, 0) is 19.1 Å². The molecule has 0 atom stereocenters. The van der Waals surface area contributed by atoms with Gasteiger partial charge in [-0.25, -0.2) is 9.78 Å². The summed E-state index contributed by atoms with van der Waals surface area (Å²) in [5, 5.41) is 0. The van der Waals surface area contributed by atoms with Gasteiger partial charge in [0, 0.05) is 12.4 Å². The standard InChI is InChI=1S/C12H13N3O2/c1-8-14-6-7-15(8)11-9(12(16)17-2)4-3-5-10(11)13/h3-7H,13H2,1-2H3. The number of anilines is 1. The minimum absolute atomic E-state index is 0.416. The van der Waals surface area contributed by atoms with Crippen LogP contribution in [0.4, 0.5) is 5.69 Å². The maximum atomic E-state index is 11.7. The molecule has 0 aliphatic rings. The predicted molar refractivity (Wildman–Crippen MR) is 64.1 cm³/mol. The molecule has 5 nitrogen and oxygen atoms in total. The fourth-order valence-corrected chi connectivity index (χ4v) is 1.72. The molecule has 0 radical (unpaired) electrons. The highest BCUT2D eigenvalue weighted by atomic mass is 16.5. The lowest BCUT2D eigenvalue weighted by atomic mass is 10.1. The summed E-state index contributed by atoms with van der Waals surface area (Å²) in [6.45, 7) is 1.84. The number of hydrogen-bond donors (Lipinski definition) is 1. The van der Waals surface area contributed by atoms with Crippen LogP contribution in [0.15, 0.2) is 30.6 Å². The first-order valence-electron chi connectivity index (χ1n) is 5.12. The smallest absolute Gasteiger partial charge is 0.340 e. The number of esters is 1. The van der Waals surface area contributed by atoms with Crippen molar-refractivity contribution in [3.63, 3.8) is 0 Å². The van der Waals surface area contributed by atoms with E-state index in [1.54, 1.807) is 35.2 Å². The first kappa shape index (κ1) is 11.2. The molecule has 5 heteroatoms. The van der Waals surface area contributed by atoms with E-state index in [1.165, 1.54) is 7.11 Å². The summed E-state index contributed by atoms with van der Waals surface area (Å²) in [5.41, 5.74) is 7.46. The predicted octanol–water partition coefficient (Wildman–Crippen LogP) is 1.55. The number of nitrogen functional groups attached to an aromatic ring is 1. The number of carbonyl (C=O) groups excluding carboxylic acids is 1. The molecule has 0 bridgehead atoms. The number of carbonyl (C=O) groups is 1. The van der Waals surface area contributed by atoms with Crippen LogP contribution in [0, 0.1) is 6.92 Å². The number of hydrogen-bond acceptors (Lipinski definition) is 4. The summed E-state index contributed by atoms with van der Waals surface area (Å²) >= 11 is 0. The van der Waals surface area contributed by atoms with Gasteiger partial charge in [-0.3, -0.25) is 0 Å². The number of ether oxygens (including phenoxy) is 1. The summed E-state index contributed by atoms with van der Waals surface area (Å²) in [6, 6.07) is 5.13. The molecule has 2 rings (SSSR count). The van der Waals surface area contributed by atoms with Gasteiger partial charge in [-0.1, -0.05) is 6.07 Å². The molecule has 88 valence electrons. The SMILES string of the molecule is COC(=O)c1cccc(N)c1-n1ccnc1C. The molecule has 0 aliphatic heterocycles. The van der Waals surface area contributed by atoms with Crippen molar-refractivity contribution in [2.45, 2.75) is 6.92 Å². The van der Waals surface area contributed by atoms with Gasteiger partial charge in [-0.2, -0.15) is 0 Å². The van der Waals surface area contributed by atoms with Crippen molar-refractivity contribution < 1.29 is 9.53 Å². The Labute approximate surface area is 98.8 Å². The monoisotopic (exact) mass is 231 g/mol. The zero-order valence-electron chi connectivity index (χ0n) is 9.68. The summed E-state index contributed by atoms with van der Waals surface area (Å²) in [5.74, 6) is 0.341. The number of nitrogens with zero attached hydrogens (tertiary/aromatic N) is 2. The lowest BCUT2D eigenvalue weighted by Crippen LogP contribution is -2.10. The van der Waals surface area contributed by atoms with Crippen LogP contribution in [-0.4, -0.2) is 22.6 Å². The van der Waals surface area contributed by atoms with Crippen LogP contribution in [0.1, 0.15) is 16.2 Å². The molecule has 1 aromatic heterocycles. The van der Waals surface area contributed by atoms with E-state index in [0.29, 0.717) is 16.9 Å². The minimum Gasteiger partial charge on any atom is -0.465 e. The summed E-state index contributed by atoms with van der Waals surface area (Å²) in [4.78, 5) is 15.8. The maximum Gasteiger partial charge on any atom is 0.340 e. The third-order valence-corrected chi connectivity index (χ3v) is 2.54. The fraction of sp³-hybridized carbons (Fsp3) is 0.167. The molecular weight excluding hydrogens is 218 g/mol. The Hall–Kier alpha value is -2.30. The highest BCUT2D eigenvalue weighted by Gasteiger charge is 2.16. The number of nitrogens with two attached hydrogens (primary N) is 1. The van der Waals surface area contributed by atoms with Crippen LogP contribution in [0.25, 0.3) is 5.69 Å². The summed E-state index contributed by atoms with van der Waals surface area (Å²) in [7, 11) is 1.34. The van der Waals surface area contributed by atoms with E-state index in [9.17, 15) is 4.79 Å². The lowest BCUT2D eigenvalue weighted by molar-refractivity contribution is 0.0601. The van der Waals surface area contributed by atoms with Gasteiger partial charge < -0.3 is 15.0 Å². The third kappa shape index (κ3) is 1.87. The fourth-order valence-electron chi connectivity index (χ4n) is 1.72. The largest absolute Gasteiger partial charge is 0.465 e. The van der Waals surface area contributed by atoms with Crippen molar-refractivity contribution in [3.05, 3.63) is 42.0 Å². The van der Waals surface area contributed by atoms with Crippen molar-refractivity contribution in [1.82, 2.24) is 9.55 Å². The quantitative estimate of drug-likeness (QED) is 0.628. The Morgan fingerprint density at radius 3 is 2.82 bits per heavy atom. The zero-order valence-corrected chi connectivity index (χ0v) is 9.68. The average molecular weight is 231 g/mol. The van der Waals surface area contributed by atoms with Gasteiger partial charge in [0.05, 0.1) is 24.0 Å². The van der Waals surface area contributed by atoms with Crippen molar-refractivity contribution in [2.75, 3.05) is 12.8 Å². The number of methoxy groups -OCH3 is 1. The molecule has 1 heterocycles. The molecule has 0 saturated carbocycles. The van der Waals surface area contributed by atoms with Crippen LogP contribution < -0.4 is 5.73 Å². The van der Waals surface area contributed by atoms with E-state index >= 15 is 0 Å². The number of aromatic nitrogens is 2. The minimum atomic E-state index is -0.416. The van der Waals surface area contributed by atoms with Crippen LogP contribution >= 0.6 is 0 Å². The van der Waals surface area contributed by atoms with Crippen molar-refractivity contribution in [1.29, 1.82) is 0 Å². The molecule has 0 fully saturated rings. The molecule has 0 unspecified atom stereocenters. The first-order chi connectivity index (χ1) is 8.15. The van der Waals surface area contributed by atoms with Gasteiger partial charge in [0.15, 0.2) is 0 Å². The first-order valence-corrected chi connectivity index (χ1v) is 5.12. The van der Waals surface area contributed by atoms with Gasteiger partial charge >= 0.3 is 5.97 Å². The maximum absolute atomic E-state index is 11.7. The molecule has 0 spiro atoms. The Morgan fingerprint density at radius 2 is 2.24 bits per heavy atom. The van der Waals surface area contributed by atoms with Gasteiger partial charge in [-0.15, -0.1) is 0 Å². The Kier molecular flexibility index (Phi) is 2.82. The normalized spacial score (nSPS) is 10.2. The van der Waals surface area contributed by atoms with Gasteiger partial charge in [0.1, 0.15) is 5.82 Å². The molecule has 0 amide bonds. The number of imidazole rings is 1. The number of para-hydroxylation sites is 1. The van der Waals surface area contributed by atoms with E-state index in [1.807, 2.05) is 6.92 Å². The van der Waals surface area contributed by atoms with Crippen molar-refractivity contribution in [3.8, 4) is 5.69 Å². The number of rotatable bonds is 2. The molecule has 1 aromatic carbocycles. The molecule has 2 N–H and O–H groups in total. The summed E-state index contributed by atoms with van der Waals surface area (Å²) < 4.78 is 6.51. The highest BCUT2D eigenvalue weighted by molar-refractivity contribution is 5.95. The Bertz CT molecular complexity index is 561. The van der Waals surface area contributed by atoms with Gasteiger partial charge in [0.25, 0.3) is 0 Å². The molecule has 17 heavy (non-hydrogen) atoms. The molecule has 0 aliphatic carbocycles. The van der Waals surface area contributed by atoms with E-state index in [0.717, 1.165) is 5.82 Å². The van der Waals surface area contributed by atoms with Gasteiger partial charge in [0.2, 0.25) is 0 Å². The molecular formula is C12H13N3O2. The molecule has 0 saturated heterocycles. The zero-order chi connectivity index (χ0) is 12.4. The number of benzene rings is 1. The number of aryl methyl sites for hydroxylation is 1. The van der Waals surface area contributed by atoms with E-state index in [-0.39, 0.29) is 0 Å².